The maximum Gasteiger partial charge on any atom is 0.107 e. The van der Waals surface area contributed by atoms with Gasteiger partial charge < -0.3 is 5.11 Å². The van der Waals surface area contributed by atoms with Gasteiger partial charge >= 0.3 is 0 Å². The number of aliphatic hydroxyl groups is 1. The minimum atomic E-state index is -0.732. The first kappa shape index (κ1) is 15.3. The van der Waals surface area contributed by atoms with E-state index in [9.17, 15) is 10.4 Å². The summed E-state index contributed by atoms with van der Waals surface area (Å²) in [4.78, 5) is 0.786. The second kappa shape index (κ2) is 6.13. The number of halogens is 2. The first-order chi connectivity index (χ1) is 9.02. The number of hydrogen-bond acceptors (Lipinski definition) is 3. The standard InChI is InChI=1S/C14H17BrClNOS/c1-2-9-3-5-14(8-17,6-4-9)12(18)11-7-10(15)13(16)19-11/h7,9,12,18H,2-6H2,1H3. The van der Waals surface area contributed by atoms with Crippen LogP contribution in [0.1, 0.15) is 50.0 Å². The Morgan fingerprint density at radius 3 is 2.68 bits per heavy atom. The molecule has 0 aromatic carbocycles. The molecule has 1 unspecified atom stereocenters. The molecule has 1 fully saturated rings. The fraction of sp³-hybridized carbons (Fsp3) is 0.643. The highest BCUT2D eigenvalue weighted by Crippen LogP contribution is 2.50. The zero-order valence-corrected chi connectivity index (χ0v) is 14.0. The van der Waals surface area contributed by atoms with Gasteiger partial charge in [-0.05, 0) is 53.6 Å². The molecular formula is C14H17BrClNOS. The lowest BCUT2D eigenvalue weighted by atomic mass is 9.67. The molecule has 0 amide bonds. The molecule has 1 N–H and O–H groups in total. The van der Waals surface area contributed by atoms with Crippen molar-refractivity contribution in [3.8, 4) is 6.07 Å². The van der Waals surface area contributed by atoms with E-state index in [0.29, 0.717) is 10.3 Å². The van der Waals surface area contributed by atoms with Crippen LogP contribution in [0.5, 0.6) is 0 Å². The summed E-state index contributed by atoms with van der Waals surface area (Å²) in [6.45, 7) is 2.19. The Labute approximate surface area is 131 Å². The van der Waals surface area contributed by atoms with Crippen LogP contribution in [0.2, 0.25) is 4.34 Å². The summed E-state index contributed by atoms with van der Waals surface area (Å²) in [6.07, 6.45) is 4.03. The summed E-state index contributed by atoms with van der Waals surface area (Å²) in [6, 6.07) is 4.22. The molecule has 104 valence electrons. The molecule has 0 bridgehead atoms. The third-order valence-corrected chi connectivity index (χ3v) is 6.78. The van der Waals surface area contributed by atoms with Gasteiger partial charge in [0.1, 0.15) is 10.4 Å². The Kier molecular flexibility index (Phi) is 4.94. The topological polar surface area (TPSA) is 44.0 Å². The van der Waals surface area contributed by atoms with Crippen molar-refractivity contribution in [2.24, 2.45) is 11.3 Å². The van der Waals surface area contributed by atoms with Crippen molar-refractivity contribution in [2.45, 2.75) is 45.1 Å². The summed E-state index contributed by atoms with van der Waals surface area (Å²) < 4.78 is 1.42. The van der Waals surface area contributed by atoms with Crippen LogP contribution in [0.3, 0.4) is 0 Å². The van der Waals surface area contributed by atoms with E-state index in [0.717, 1.165) is 41.5 Å². The smallest absolute Gasteiger partial charge is 0.107 e. The zero-order valence-electron chi connectivity index (χ0n) is 10.8. The number of aliphatic hydroxyl groups excluding tert-OH is 1. The summed E-state index contributed by atoms with van der Waals surface area (Å²) in [7, 11) is 0. The number of nitrogens with zero attached hydrogens (tertiary/aromatic N) is 1. The first-order valence-corrected chi connectivity index (χ1v) is 8.55. The van der Waals surface area contributed by atoms with Crippen molar-refractivity contribution >= 4 is 38.9 Å². The lowest BCUT2D eigenvalue weighted by Gasteiger charge is -2.37. The third-order valence-electron chi connectivity index (χ3n) is 4.25. The maximum absolute atomic E-state index is 10.6. The highest BCUT2D eigenvalue weighted by molar-refractivity contribution is 9.10. The fourth-order valence-electron chi connectivity index (χ4n) is 2.82. The van der Waals surface area contributed by atoms with Gasteiger partial charge in [0.15, 0.2) is 0 Å². The van der Waals surface area contributed by atoms with Gasteiger partial charge in [-0.25, -0.2) is 0 Å². The second-order valence-electron chi connectivity index (χ2n) is 5.29. The number of thiophene rings is 1. The maximum atomic E-state index is 10.6. The van der Waals surface area contributed by atoms with E-state index in [1.807, 2.05) is 6.07 Å². The fourth-order valence-corrected chi connectivity index (χ4v) is 4.66. The minimum absolute atomic E-state index is 0.629. The van der Waals surface area contributed by atoms with Crippen LogP contribution < -0.4 is 0 Å². The summed E-state index contributed by atoms with van der Waals surface area (Å²) >= 11 is 10.7. The molecule has 0 spiro atoms. The number of hydrogen-bond donors (Lipinski definition) is 1. The number of rotatable bonds is 3. The third kappa shape index (κ3) is 3.00. The molecule has 1 aliphatic carbocycles. The van der Waals surface area contributed by atoms with Crippen LogP contribution in [-0.4, -0.2) is 5.11 Å². The van der Waals surface area contributed by atoms with Gasteiger partial charge in [0, 0.05) is 9.35 Å². The molecule has 5 heteroatoms. The summed E-state index contributed by atoms with van der Waals surface area (Å²) in [5, 5.41) is 20.2. The van der Waals surface area contributed by atoms with Gasteiger partial charge in [0.2, 0.25) is 0 Å². The largest absolute Gasteiger partial charge is 0.386 e. The van der Waals surface area contributed by atoms with Crippen molar-refractivity contribution in [3.63, 3.8) is 0 Å². The summed E-state index contributed by atoms with van der Waals surface area (Å²) in [5.41, 5.74) is -0.640. The SMILES string of the molecule is CCC1CCC(C#N)(C(O)c2cc(Br)c(Cl)s2)CC1. The van der Waals surface area contributed by atoms with Gasteiger partial charge in [0.25, 0.3) is 0 Å². The van der Waals surface area contributed by atoms with Gasteiger partial charge in [-0.3, -0.25) is 0 Å². The molecule has 0 aliphatic heterocycles. The molecule has 1 heterocycles. The van der Waals surface area contributed by atoms with E-state index in [2.05, 4.69) is 28.9 Å². The van der Waals surface area contributed by atoms with E-state index in [1.165, 1.54) is 11.3 Å². The molecule has 1 saturated carbocycles. The monoisotopic (exact) mass is 361 g/mol. The summed E-state index contributed by atoms with van der Waals surface area (Å²) in [5.74, 6) is 0.701. The van der Waals surface area contributed by atoms with E-state index in [1.54, 1.807) is 0 Å². The van der Waals surface area contributed by atoms with Crippen LogP contribution in [0, 0.1) is 22.7 Å². The average Bonchev–Trinajstić information content (AvgIpc) is 2.78. The molecule has 1 atom stereocenters. The van der Waals surface area contributed by atoms with Crippen LogP contribution in [0.4, 0.5) is 0 Å². The normalized spacial score (nSPS) is 28.9. The van der Waals surface area contributed by atoms with Crippen LogP contribution in [-0.2, 0) is 0 Å². The quantitative estimate of drug-likeness (QED) is 0.792. The predicted octanol–water partition coefficient (Wildman–Crippen LogP) is 5.31. The molecule has 1 aromatic heterocycles. The van der Waals surface area contributed by atoms with E-state index < -0.39 is 11.5 Å². The van der Waals surface area contributed by atoms with Crippen LogP contribution in [0.15, 0.2) is 10.5 Å². The van der Waals surface area contributed by atoms with Crippen molar-refractivity contribution in [3.05, 3.63) is 19.8 Å². The Balaban J connectivity index is 2.20. The first-order valence-electron chi connectivity index (χ1n) is 6.56. The van der Waals surface area contributed by atoms with Crippen LogP contribution in [0.25, 0.3) is 0 Å². The highest BCUT2D eigenvalue weighted by atomic mass is 79.9. The second-order valence-corrected chi connectivity index (χ2v) is 7.83. The minimum Gasteiger partial charge on any atom is -0.386 e. The lowest BCUT2D eigenvalue weighted by molar-refractivity contribution is 0.0267. The van der Waals surface area contributed by atoms with E-state index in [-0.39, 0.29) is 0 Å². The molecule has 2 rings (SSSR count). The van der Waals surface area contributed by atoms with Crippen molar-refractivity contribution in [2.75, 3.05) is 0 Å². The van der Waals surface area contributed by atoms with Gasteiger partial charge in [-0.1, -0.05) is 24.9 Å². The van der Waals surface area contributed by atoms with Crippen molar-refractivity contribution in [1.29, 1.82) is 5.26 Å². The van der Waals surface area contributed by atoms with Crippen molar-refractivity contribution < 1.29 is 5.11 Å². The molecule has 0 saturated heterocycles. The Bertz CT molecular complexity index is 469. The molecular weight excluding hydrogens is 346 g/mol. The average molecular weight is 363 g/mol. The molecule has 19 heavy (non-hydrogen) atoms. The van der Waals surface area contributed by atoms with Gasteiger partial charge in [-0.15, -0.1) is 11.3 Å². The Morgan fingerprint density at radius 1 is 1.63 bits per heavy atom. The molecule has 1 aliphatic rings. The Morgan fingerprint density at radius 2 is 2.26 bits per heavy atom. The predicted molar refractivity (Wildman–Crippen MR) is 82.3 cm³/mol. The molecule has 0 radical (unpaired) electrons. The van der Waals surface area contributed by atoms with Crippen LogP contribution >= 0.6 is 38.9 Å². The van der Waals surface area contributed by atoms with Gasteiger partial charge in [-0.2, -0.15) is 5.26 Å². The number of nitriles is 1. The van der Waals surface area contributed by atoms with E-state index in [4.69, 9.17) is 11.6 Å². The van der Waals surface area contributed by atoms with Crippen molar-refractivity contribution in [1.82, 2.24) is 0 Å². The highest BCUT2D eigenvalue weighted by Gasteiger charge is 2.42. The van der Waals surface area contributed by atoms with Gasteiger partial charge in [0.05, 0.1) is 11.5 Å². The lowest BCUT2D eigenvalue weighted by Crippen LogP contribution is -2.32. The molecule has 2 nitrogen and oxygen atoms in total. The van der Waals surface area contributed by atoms with E-state index >= 15 is 0 Å². The zero-order chi connectivity index (χ0) is 14.0. The molecule has 1 aromatic rings. The Hall–Kier alpha value is -0.0800.